The maximum atomic E-state index is 4.58. The van der Waals surface area contributed by atoms with Crippen molar-refractivity contribution in [3.63, 3.8) is 0 Å². The Morgan fingerprint density at radius 1 is 0.960 bits per heavy atom. The lowest BCUT2D eigenvalue weighted by Crippen LogP contribution is -2.51. The summed E-state index contributed by atoms with van der Waals surface area (Å²) >= 11 is 1.99. The predicted octanol–water partition coefficient (Wildman–Crippen LogP) is 6.13. The normalized spacial score (nSPS) is 18.7. The monoisotopic (exact) mass is 369 g/mol. The molecule has 1 aliphatic rings. The van der Waals surface area contributed by atoms with Crippen molar-refractivity contribution in [2.45, 2.75) is 67.9 Å². The Balaban J connectivity index is 1.88. The maximum Gasteiger partial charge on any atom is 0.0962 e. The highest BCUT2D eigenvalue weighted by Gasteiger charge is 2.42. The van der Waals surface area contributed by atoms with Gasteiger partial charge >= 0.3 is 0 Å². The molecule has 0 saturated heterocycles. The molecular weight excluding hydrogens is 338 g/mol. The second-order valence-corrected chi connectivity index (χ2v) is 14.1. The van der Waals surface area contributed by atoms with Crippen LogP contribution in [-0.4, -0.2) is 18.3 Å². The van der Waals surface area contributed by atoms with Gasteiger partial charge in [-0.15, -0.1) is 11.8 Å². The molecule has 0 aliphatic heterocycles. The fraction of sp³-hybridized carbons (Fsp3) is 0.500. The Morgan fingerprint density at radius 2 is 1.64 bits per heavy atom. The second-order valence-electron chi connectivity index (χ2n) is 8.00. The number of hydrogen-bond donors (Lipinski definition) is 0. The zero-order valence-electron chi connectivity index (χ0n) is 15.8. The third kappa shape index (κ3) is 4.56. The zero-order chi connectivity index (χ0) is 17.7. The molecule has 3 heteroatoms. The Labute approximate surface area is 158 Å². The average Bonchev–Trinajstić information content (AvgIpc) is 2.64. The highest BCUT2D eigenvalue weighted by molar-refractivity contribution is 8.00. The lowest BCUT2D eigenvalue weighted by atomic mass is 9.85. The largest absolute Gasteiger partial charge is 0.250 e. The summed E-state index contributed by atoms with van der Waals surface area (Å²) in [6.45, 7) is 7.64. The van der Waals surface area contributed by atoms with Gasteiger partial charge in [-0.25, -0.2) is 4.98 Å². The summed E-state index contributed by atoms with van der Waals surface area (Å²) in [6.07, 6.45) is 9.02. The van der Waals surface area contributed by atoms with Gasteiger partial charge in [-0.05, 0) is 23.6 Å². The van der Waals surface area contributed by atoms with Gasteiger partial charge in [0.25, 0.3) is 0 Å². The van der Waals surface area contributed by atoms with E-state index in [4.69, 9.17) is 0 Å². The first-order valence-corrected chi connectivity index (χ1v) is 13.7. The van der Waals surface area contributed by atoms with Crippen LogP contribution < -0.4 is 5.19 Å². The summed E-state index contributed by atoms with van der Waals surface area (Å²) in [5.74, 6) is 0.877. The predicted molar refractivity (Wildman–Crippen MR) is 113 cm³/mol. The molecule has 0 radical (unpaired) electrons. The van der Waals surface area contributed by atoms with Gasteiger partial charge in [-0.1, -0.05) is 93.7 Å². The fourth-order valence-electron chi connectivity index (χ4n) is 4.79. The Bertz CT molecular complexity index is 638. The van der Waals surface area contributed by atoms with Crippen molar-refractivity contribution in [1.29, 1.82) is 0 Å². The molecular formula is C22H31NSSi. The zero-order valence-corrected chi connectivity index (χ0v) is 17.6. The lowest BCUT2D eigenvalue weighted by molar-refractivity contribution is 0.334. The third-order valence-corrected chi connectivity index (χ3v) is 11.8. The van der Waals surface area contributed by atoms with E-state index in [9.17, 15) is 0 Å². The highest BCUT2D eigenvalue weighted by Crippen LogP contribution is 2.46. The fourth-order valence-corrected chi connectivity index (χ4v) is 11.2. The van der Waals surface area contributed by atoms with Crippen LogP contribution in [0.2, 0.25) is 18.6 Å². The van der Waals surface area contributed by atoms with E-state index in [2.05, 4.69) is 67.5 Å². The quantitative estimate of drug-likeness (QED) is 0.449. The van der Waals surface area contributed by atoms with E-state index in [0.29, 0.717) is 5.25 Å². The van der Waals surface area contributed by atoms with E-state index >= 15 is 0 Å². The molecule has 1 heterocycles. The topological polar surface area (TPSA) is 12.9 Å². The van der Waals surface area contributed by atoms with E-state index < -0.39 is 8.07 Å². The van der Waals surface area contributed by atoms with E-state index in [1.165, 1.54) is 37.1 Å². The number of hydrogen-bond acceptors (Lipinski definition) is 2. The number of pyridine rings is 1. The van der Waals surface area contributed by atoms with Crippen LogP contribution in [0.5, 0.6) is 0 Å². The Kier molecular flexibility index (Phi) is 6.40. The number of aromatic nitrogens is 1. The van der Waals surface area contributed by atoms with E-state index in [1.54, 1.807) is 5.19 Å². The summed E-state index contributed by atoms with van der Waals surface area (Å²) in [7, 11) is -1.56. The van der Waals surface area contributed by atoms with Crippen molar-refractivity contribution in [3.05, 3.63) is 54.7 Å². The summed E-state index contributed by atoms with van der Waals surface area (Å²) in [4.78, 5) is 4.58. The minimum absolute atomic E-state index is 0.611. The first-order chi connectivity index (χ1) is 12.1. The standard InChI is InChI=1S/C22H31NSSi/c1-18(24-21-16-10-11-17-23-21)22(19-12-6-4-7-13-19)25(2,3)20-14-8-5-9-15-20/h5,8-11,14-19,22H,4,6-7,12-13H2,1-3H3/t18-,22+/m0/s1. The van der Waals surface area contributed by atoms with Crippen LogP contribution in [0.1, 0.15) is 39.0 Å². The summed E-state index contributed by atoms with van der Waals surface area (Å²) < 4.78 is 0. The van der Waals surface area contributed by atoms with Gasteiger partial charge < -0.3 is 0 Å². The molecule has 1 aliphatic carbocycles. The maximum absolute atomic E-state index is 4.58. The SMILES string of the molecule is C[C@H](Sc1ccccn1)[C@H](C1CCCCC1)[Si](C)(C)c1ccccc1. The van der Waals surface area contributed by atoms with Crippen molar-refractivity contribution < 1.29 is 0 Å². The van der Waals surface area contributed by atoms with Crippen molar-refractivity contribution in [2.75, 3.05) is 0 Å². The molecule has 1 aromatic carbocycles. The molecule has 1 fully saturated rings. The van der Waals surface area contributed by atoms with Crippen LogP contribution in [0.25, 0.3) is 0 Å². The van der Waals surface area contributed by atoms with Crippen molar-refractivity contribution in [1.82, 2.24) is 4.98 Å². The summed E-state index contributed by atoms with van der Waals surface area (Å²) in [5, 5.41) is 3.40. The lowest BCUT2D eigenvalue weighted by Gasteiger charge is -2.43. The van der Waals surface area contributed by atoms with Gasteiger partial charge in [0, 0.05) is 11.4 Å². The first kappa shape index (κ1) is 18.7. The van der Waals surface area contributed by atoms with E-state index in [-0.39, 0.29) is 0 Å². The minimum atomic E-state index is -1.56. The molecule has 2 atom stereocenters. The van der Waals surface area contributed by atoms with Crippen LogP contribution in [-0.2, 0) is 0 Å². The molecule has 0 bridgehead atoms. The molecule has 1 aromatic heterocycles. The Morgan fingerprint density at radius 3 is 2.28 bits per heavy atom. The highest BCUT2D eigenvalue weighted by atomic mass is 32.2. The van der Waals surface area contributed by atoms with Crippen molar-refractivity contribution in [2.24, 2.45) is 5.92 Å². The van der Waals surface area contributed by atoms with Crippen LogP contribution in [0.3, 0.4) is 0 Å². The number of benzene rings is 1. The minimum Gasteiger partial charge on any atom is -0.250 e. The van der Waals surface area contributed by atoms with Crippen LogP contribution >= 0.6 is 11.8 Å². The summed E-state index contributed by atoms with van der Waals surface area (Å²) in [5.41, 5.74) is 0.794. The molecule has 0 N–H and O–H groups in total. The van der Waals surface area contributed by atoms with E-state index in [0.717, 1.165) is 11.5 Å². The van der Waals surface area contributed by atoms with Gasteiger partial charge in [-0.3, -0.25) is 0 Å². The van der Waals surface area contributed by atoms with Crippen LogP contribution in [0, 0.1) is 5.92 Å². The first-order valence-electron chi connectivity index (χ1n) is 9.72. The smallest absolute Gasteiger partial charge is 0.0962 e. The Hall–Kier alpha value is -1.06. The van der Waals surface area contributed by atoms with Crippen LogP contribution in [0.4, 0.5) is 0 Å². The van der Waals surface area contributed by atoms with Gasteiger partial charge in [0.2, 0.25) is 0 Å². The second kappa shape index (κ2) is 8.55. The number of nitrogens with zero attached hydrogens (tertiary/aromatic N) is 1. The molecule has 0 spiro atoms. The number of rotatable bonds is 6. The molecule has 1 nitrogen and oxygen atoms in total. The molecule has 0 unspecified atom stereocenters. The average molecular weight is 370 g/mol. The van der Waals surface area contributed by atoms with Gasteiger partial charge in [-0.2, -0.15) is 0 Å². The molecule has 3 rings (SSSR count). The van der Waals surface area contributed by atoms with Gasteiger partial charge in [0.15, 0.2) is 0 Å². The van der Waals surface area contributed by atoms with Gasteiger partial charge in [0.05, 0.1) is 13.1 Å². The number of thioether (sulfide) groups is 1. The molecule has 2 aromatic rings. The van der Waals surface area contributed by atoms with Crippen molar-refractivity contribution >= 4 is 25.0 Å². The summed E-state index contributed by atoms with van der Waals surface area (Å²) in [6, 6.07) is 17.6. The third-order valence-electron chi connectivity index (χ3n) is 5.96. The molecule has 0 amide bonds. The molecule has 134 valence electrons. The van der Waals surface area contributed by atoms with Crippen LogP contribution in [0.15, 0.2) is 59.8 Å². The van der Waals surface area contributed by atoms with E-state index in [1.807, 2.05) is 24.0 Å². The van der Waals surface area contributed by atoms with Crippen molar-refractivity contribution in [3.8, 4) is 0 Å². The van der Waals surface area contributed by atoms with Gasteiger partial charge in [0.1, 0.15) is 0 Å². The molecule has 1 saturated carbocycles. The molecule has 25 heavy (non-hydrogen) atoms.